The maximum Gasteiger partial charge on any atom is 0.264 e. The number of aryl methyl sites for hydroxylation is 1. The monoisotopic (exact) mass is 391 g/mol. The molecule has 2 aromatic carbocycles. The van der Waals surface area contributed by atoms with E-state index < -0.39 is 16.1 Å². The third-order valence-corrected chi connectivity index (χ3v) is 6.56. The summed E-state index contributed by atoms with van der Waals surface area (Å²) < 4.78 is 33.2. The van der Waals surface area contributed by atoms with E-state index in [-0.39, 0.29) is 11.4 Å². The van der Waals surface area contributed by atoms with Gasteiger partial charge >= 0.3 is 0 Å². The highest BCUT2D eigenvalue weighted by Gasteiger charge is 2.29. The van der Waals surface area contributed by atoms with E-state index in [4.69, 9.17) is 4.74 Å². The van der Waals surface area contributed by atoms with Crippen molar-refractivity contribution in [3.05, 3.63) is 60.2 Å². The third kappa shape index (κ3) is 5.07. The number of hydrogen-bond acceptors (Lipinski definition) is 4. The van der Waals surface area contributed by atoms with Crippen LogP contribution in [0.2, 0.25) is 0 Å². The van der Waals surface area contributed by atoms with Gasteiger partial charge in [0.2, 0.25) is 0 Å². The molecule has 0 spiro atoms. The molecule has 0 radical (unpaired) electrons. The van der Waals surface area contributed by atoms with Gasteiger partial charge in [-0.15, -0.1) is 0 Å². The first-order valence-electron chi connectivity index (χ1n) is 9.20. The van der Waals surface area contributed by atoms with Crippen LogP contribution in [0.3, 0.4) is 0 Å². The van der Waals surface area contributed by atoms with E-state index in [0.29, 0.717) is 25.4 Å². The van der Waals surface area contributed by atoms with E-state index in [1.54, 1.807) is 48.5 Å². The Labute approximate surface area is 161 Å². The minimum absolute atomic E-state index is 0.0184. The molecule has 2 N–H and O–H groups in total. The highest BCUT2D eigenvalue weighted by atomic mass is 32.2. The number of quaternary nitrogens is 1. The van der Waals surface area contributed by atoms with Crippen LogP contribution in [0.15, 0.2) is 59.5 Å². The van der Waals surface area contributed by atoms with Crippen molar-refractivity contribution in [2.75, 3.05) is 43.7 Å². The summed E-state index contributed by atoms with van der Waals surface area (Å²) in [6.07, 6.45) is -0.765. The van der Waals surface area contributed by atoms with Gasteiger partial charge in [-0.05, 0) is 31.2 Å². The second kappa shape index (κ2) is 8.84. The molecule has 0 amide bonds. The molecule has 7 heteroatoms. The van der Waals surface area contributed by atoms with Crippen molar-refractivity contribution in [1.82, 2.24) is 0 Å². The number of hydrogen-bond donors (Lipinski definition) is 2. The van der Waals surface area contributed by atoms with Crippen molar-refractivity contribution in [2.45, 2.75) is 17.9 Å². The summed E-state index contributed by atoms with van der Waals surface area (Å²) in [6, 6.07) is 15.7. The van der Waals surface area contributed by atoms with Gasteiger partial charge in [0.1, 0.15) is 25.7 Å². The maximum atomic E-state index is 13.3. The predicted octanol–water partition coefficient (Wildman–Crippen LogP) is 0.466. The van der Waals surface area contributed by atoms with Gasteiger partial charge in [0.05, 0.1) is 30.3 Å². The van der Waals surface area contributed by atoms with Gasteiger partial charge in [0.15, 0.2) is 0 Å². The summed E-state index contributed by atoms with van der Waals surface area (Å²) in [7, 11) is -3.77. The Hall–Kier alpha value is -1.93. The molecule has 1 atom stereocenters. The Balaban J connectivity index is 1.83. The van der Waals surface area contributed by atoms with E-state index >= 15 is 0 Å². The molecule has 1 aliphatic heterocycles. The van der Waals surface area contributed by atoms with Crippen molar-refractivity contribution in [2.24, 2.45) is 0 Å². The molecule has 27 heavy (non-hydrogen) atoms. The van der Waals surface area contributed by atoms with Crippen molar-refractivity contribution < 1.29 is 23.2 Å². The van der Waals surface area contributed by atoms with Crippen LogP contribution in [0.1, 0.15) is 5.56 Å². The lowest BCUT2D eigenvalue weighted by molar-refractivity contribution is -0.910. The molecular weight excluding hydrogens is 364 g/mol. The number of aliphatic hydroxyl groups excluding tert-OH is 1. The van der Waals surface area contributed by atoms with E-state index in [1.807, 2.05) is 13.0 Å². The number of anilines is 1. The molecular formula is C20H27N2O4S+. The molecule has 1 saturated heterocycles. The fourth-order valence-corrected chi connectivity index (χ4v) is 4.73. The fourth-order valence-electron chi connectivity index (χ4n) is 3.23. The first-order chi connectivity index (χ1) is 13.0. The lowest BCUT2D eigenvalue weighted by atomic mass is 10.2. The highest BCUT2D eigenvalue weighted by Crippen LogP contribution is 2.24. The third-order valence-electron chi connectivity index (χ3n) is 4.75. The summed E-state index contributed by atoms with van der Waals surface area (Å²) in [5.41, 5.74) is 1.55. The van der Waals surface area contributed by atoms with Crippen LogP contribution in [0.4, 0.5) is 5.69 Å². The minimum Gasteiger partial charge on any atom is -0.385 e. The zero-order chi connectivity index (χ0) is 19.3. The fraction of sp³-hybridized carbons (Fsp3) is 0.400. The van der Waals surface area contributed by atoms with E-state index in [0.717, 1.165) is 18.7 Å². The standard InChI is InChI=1S/C20H26N2O4S/c1-17-7-9-20(10-8-17)27(24,25)22(18-5-3-2-4-6-18)16-19(23)15-21-11-13-26-14-12-21/h2-10,19,23H,11-16H2,1H3/p+1/t19-/m0/s1. The van der Waals surface area contributed by atoms with Gasteiger partial charge in [-0.2, -0.15) is 0 Å². The number of nitrogens with zero attached hydrogens (tertiary/aromatic N) is 1. The number of nitrogens with one attached hydrogen (secondary N) is 1. The molecule has 2 aromatic rings. The van der Waals surface area contributed by atoms with Crippen molar-refractivity contribution >= 4 is 15.7 Å². The second-order valence-electron chi connectivity index (χ2n) is 6.91. The van der Waals surface area contributed by atoms with E-state index in [9.17, 15) is 13.5 Å². The smallest absolute Gasteiger partial charge is 0.264 e. The summed E-state index contributed by atoms with van der Waals surface area (Å²) in [4.78, 5) is 1.46. The number of ether oxygens (including phenoxy) is 1. The summed E-state index contributed by atoms with van der Waals surface area (Å²) in [5, 5.41) is 10.6. The lowest BCUT2D eigenvalue weighted by Gasteiger charge is -2.30. The quantitative estimate of drug-likeness (QED) is 0.720. The Kier molecular flexibility index (Phi) is 6.49. The minimum atomic E-state index is -3.77. The summed E-state index contributed by atoms with van der Waals surface area (Å²) >= 11 is 0. The second-order valence-corrected chi connectivity index (χ2v) is 8.77. The van der Waals surface area contributed by atoms with Crippen LogP contribution < -0.4 is 9.21 Å². The molecule has 0 aliphatic carbocycles. The van der Waals surface area contributed by atoms with Crippen LogP contribution in [0.5, 0.6) is 0 Å². The topological polar surface area (TPSA) is 71.3 Å². The van der Waals surface area contributed by atoms with Crippen LogP contribution in [-0.2, 0) is 14.8 Å². The molecule has 0 saturated carbocycles. The van der Waals surface area contributed by atoms with Crippen LogP contribution in [0.25, 0.3) is 0 Å². The Morgan fingerprint density at radius 3 is 2.33 bits per heavy atom. The number of para-hydroxylation sites is 1. The Morgan fingerprint density at radius 2 is 1.70 bits per heavy atom. The molecule has 0 unspecified atom stereocenters. The molecule has 3 rings (SSSR count). The van der Waals surface area contributed by atoms with E-state index in [1.165, 1.54) is 9.21 Å². The molecule has 1 fully saturated rings. The van der Waals surface area contributed by atoms with Crippen LogP contribution >= 0.6 is 0 Å². The Bertz CT molecular complexity index is 819. The zero-order valence-electron chi connectivity index (χ0n) is 15.5. The number of morpholine rings is 1. The molecule has 1 aliphatic rings. The van der Waals surface area contributed by atoms with Gasteiger partial charge < -0.3 is 14.7 Å². The average molecular weight is 392 g/mol. The number of rotatable bonds is 7. The predicted molar refractivity (Wildman–Crippen MR) is 105 cm³/mol. The largest absolute Gasteiger partial charge is 0.385 e. The zero-order valence-corrected chi connectivity index (χ0v) is 16.4. The van der Waals surface area contributed by atoms with Crippen LogP contribution in [0, 0.1) is 6.92 Å². The van der Waals surface area contributed by atoms with E-state index in [2.05, 4.69) is 0 Å². The number of sulfonamides is 1. The number of aliphatic hydroxyl groups is 1. The molecule has 0 aromatic heterocycles. The number of benzene rings is 2. The SMILES string of the molecule is Cc1ccc(S(=O)(=O)N(C[C@@H](O)C[NH+]2CCOCC2)c2ccccc2)cc1. The molecule has 1 heterocycles. The molecule has 6 nitrogen and oxygen atoms in total. The van der Waals surface area contributed by atoms with Crippen molar-refractivity contribution in [3.8, 4) is 0 Å². The average Bonchev–Trinajstić information content (AvgIpc) is 2.68. The first-order valence-corrected chi connectivity index (χ1v) is 10.6. The summed E-state index contributed by atoms with van der Waals surface area (Å²) in [6.45, 7) is 5.43. The van der Waals surface area contributed by atoms with Crippen molar-refractivity contribution in [3.63, 3.8) is 0 Å². The van der Waals surface area contributed by atoms with Gasteiger partial charge in [-0.3, -0.25) is 4.31 Å². The van der Waals surface area contributed by atoms with Gasteiger partial charge in [0, 0.05) is 0 Å². The van der Waals surface area contributed by atoms with Gasteiger partial charge in [-0.1, -0.05) is 35.9 Å². The Morgan fingerprint density at radius 1 is 1.07 bits per heavy atom. The molecule has 146 valence electrons. The lowest BCUT2D eigenvalue weighted by Crippen LogP contribution is -3.15. The highest BCUT2D eigenvalue weighted by molar-refractivity contribution is 7.92. The maximum absolute atomic E-state index is 13.3. The molecule has 0 bridgehead atoms. The van der Waals surface area contributed by atoms with Crippen molar-refractivity contribution in [1.29, 1.82) is 0 Å². The van der Waals surface area contributed by atoms with Gasteiger partial charge in [0.25, 0.3) is 10.0 Å². The summed E-state index contributed by atoms with van der Waals surface area (Å²) in [5.74, 6) is 0. The van der Waals surface area contributed by atoms with Gasteiger partial charge in [-0.25, -0.2) is 8.42 Å². The van der Waals surface area contributed by atoms with Crippen LogP contribution in [-0.4, -0.2) is 59.0 Å². The first kappa shape index (κ1) is 19.8. The normalized spacial score (nSPS) is 16.8.